The van der Waals surface area contributed by atoms with Crippen molar-refractivity contribution in [1.29, 1.82) is 0 Å². The average Bonchev–Trinajstić information content (AvgIpc) is 3.38. The molecule has 172 valence electrons. The maximum absolute atomic E-state index is 12.6. The number of hydrogen-bond acceptors (Lipinski definition) is 7. The third-order valence-electron chi connectivity index (χ3n) is 5.09. The molecule has 4 aromatic heterocycles. The van der Waals surface area contributed by atoms with Crippen LogP contribution in [0, 0.1) is 13.8 Å². The molecule has 1 amide bonds. The molecule has 0 aliphatic carbocycles. The molecule has 0 aliphatic heterocycles. The van der Waals surface area contributed by atoms with Crippen molar-refractivity contribution in [2.75, 3.05) is 18.9 Å². The van der Waals surface area contributed by atoms with E-state index < -0.39 is 6.47 Å². The molecular weight excluding hydrogens is 424 g/mol. The van der Waals surface area contributed by atoms with E-state index in [-0.39, 0.29) is 5.91 Å². The van der Waals surface area contributed by atoms with E-state index in [1.807, 2.05) is 56.0 Å². The number of aromatic nitrogens is 4. The third kappa shape index (κ3) is 5.53. The minimum absolute atomic E-state index is 0.103. The monoisotopic (exact) mass is 450 g/mol. The number of imidazole rings is 1. The second kappa shape index (κ2) is 10.9. The quantitative estimate of drug-likeness (QED) is 0.245. The molecule has 33 heavy (non-hydrogen) atoms. The summed E-state index contributed by atoms with van der Waals surface area (Å²) in [4.78, 5) is 25.3. The van der Waals surface area contributed by atoms with Gasteiger partial charge in [0, 0.05) is 44.3 Å². The van der Waals surface area contributed by atoms with Gasteiger partial charge in [-0.05, 0) is 32.0 Å². The second-order valence-electron chi connectivity index (χ2n) is 7.27. The first-order valence-corrected chi connectivity index (χ1v) is 10.4. The van der Waals surface area contributed by atoms with Crippen LogP contribution < -0.4 is 20.3 Å². The molecule has 0 radical (unpaired) electrons. The predicted molar refractivity (Wildman–Crippen MR) is 119 cm³/mol. The number of carbonyl (C=O) groups is 2. The summed E-state index contributed by atoms with van der Waals surface area (Å²) in [5, 5.41) is 18.4. The molecule has 0 bridgehead atoms. The van der Waals surface area contributed by atoms with Gasteiger partial charge in [0.15, 0.2) is 12.4 Å². The Hall–Kier alpha value is -4.21. The molecular formula is C23H26N6O4. The Morgan fingerprint density at radius 1 is 1.33 bits per heavy atom. The molecule has 4 rings (SSSR count). The van der Waals surface area contributed by atoms with Crippen molar-refractivity contribution in [2.45, 2.75) is 26.8 Å². The number of nitrogens with zero attached hydrogens (tertiary/aromatic N) is 4. The van der Waals surface area contributed by atoms with Crippen molar-refractivity contribution in [2.24, 2.45) is 0 Å². The van der Waals surface area contributed by atoms with Crippen molar-refractivity contribution in [3.05, 3.63) is 66.1 Å². The van der Waals surface area contributed by atoms with Gasteiger partial charge in [0.1, 0.15) is 18.0 Å². The van der Waals surface area contributed by atoms with Crippen molar-refractivity contribution >= 4 is 23.7 Å². The maximum atomic E-state index is 12.6. The summed E-state index contributed by atoms with van der Waals surface area (Å²) in [5.41, 5.74) is 4.99. The SMILES string of the molecule is CNc1ccc[n+](CCCNC(=O)c2ccn3c(-c4c(C)noc4C)cnc3c2)c1.O=C[O-]. The van der Waals surface area contributed by atoms with Crippen molar-refractivity contribution in [1.82, 2.24) is 19.9 Å². The van der Waals surface area contributed by atoms with Gasteiger partial charge in [-0.1, -0.05) is 5.16 Å². The summed E-state index contributed by atoms with van der Waals surface area (Å²) in [6.45, 7) is 4.71. The Bertz CT molecular complexity index is 1230. The van der Waals surface area contributed by atoms with Crippen LogP contribution in [0.25, 0.3) is 16.9 Å². The van der Waals surface area contributed by atoms with Gasteiger partial charge < -0.3 is 25.1 Å². The Labute approximate surface area is 190 Å². The number of amides is 1. The van der Waals surface area contributed by atoms with Gasteiger partial charge in [-0.3, -0.25) is 9.20 Å². The molecule has 0 atom stereocenters. The molecule has 0 saturated carbocycles. The number of anilines is 1. The first-order chi connectivity index (χ1) is 16.0. The minimum atomic E-state index is -0.500. The Kier molecular flexibility index (Phi) is 7.74. The predicted octanol–water partition coefficient (Wildman–Crippen LogP) is 1.12. The van der Waals surface area contributed by atoms with E-state index in [1.54, 1.807) is 18.3 Å². The lowest BCUT2D eigenvalue weighted by Gasteiger charge is -2.06. The lowest BCUT2D eigenvalue weighted by Crippen LogP contribution is -2.35. The van der Waals surface area contributed by atoms with Crippen LogP contribution in [0.5, 0.6) is 0 Å². The zero-order valence-corrected chi connectivity index (χ0v) is 18.7. The van der Waals surface area contributed by atoms with Crippen LogP contribution in [-0.2, 0) is 11.3 Å². The summed E-state index contributed by atoms with van der Waals surface area (Å²) >= 11 is 0. The number of aryl methyl sites for hydroxylation is 3. The summed E-state index contributed by atoms with van der Waals surface area (Å²) < 4.78 is 9.31. The zero-order chi connectivity index (χ0) is 23.8. The lowest BCUT2D eigenvalue weighted by atomic mass is 10.1. The van der Waals surface area contributed by atoms with E-state index >= 15 is 0 Å². The van der Waals surface area contributed by atoms with Crippen molar-refractivity contribution in [3.63, 3.8) is 0 Å². The number of carbonyl (C=O) groups excluding carboxylic acids is 2. The van der Waals surface area contributed by atoms with Gasteiger partial charge in [-0.15, -0.1) is 0 Å². The molecule has 0 unspecified atom stereocenters. The highest BCUT2D eigenvalue weighted by molar-refractivity contribution is 5.95. The van der Waals surface area contributed by atoms with Gasteiger partial charge in [0.05, 0.1) is 28.8 Å². The zero-order valence-electron chi connectivity index (χ0n) is 18.7. The Morgan fingerprint density at radius 2 is 2.12 bits per heavy atom. The maximum Gasteiger partial charge on any atom is 0.251 e. The highest BCUT2D eigenvalue weighted by atomic mass is 16.5. The molecule has 10 heteroatoms. The fourth-order valence-corrected chi connectivity index (χ4v) is 3.53. The summed E-state index contributed by atoms with van der Waals surface area (Å²) in [5.74, 6) is 0.641. The van der Waals surface area contributed by atoms with E-state index in [0.717, 1.165) is 41.4 Å². The topological polar surface area (TPSA) is 128 Å². The van der Waals surface area contributed by atoms with E-state index in [4.69, 9.17) is 14.4 Å². The summed E-state index contributed by atoms with van der Waals surface area (Å²) in [6, 6.07) is 7.61. The van der Waals surface area contributed by atoms with Crippen LogP contribution in [0.15, 0.2) is 53.6 Å². The fourth-order valence-electron chi connectivity index (χ4n) is 3.53. The number of pyridine rings is 2. The number of rotatable bonds is 7. The van der Waals surface area contributed by atoms with Gasteiger partial charge in [-0.25, -0.2) is 9.55 Å². The second-order valence-corrected chi connectivity index (χ2v) is 7.27. The van der Waals surface area contributed by atoms with E-state index in [9.17, 15) is 4.79 Å². The third-order valence-corrected chi connectivity index (χ3v) is 5.09. The minimum Gasteiger partial charge on any atom is -0.554 e. The smallest absolute Gasteiger partial charge is 0.251 e. The van der Waals surface area contributed by atoms with Crippen LogP contribution in [0.1, 0.15) is 28.2 Å². The van der Waals surface area contributed by atoms with Gasteiger partial charge >= 0.3 is 0 Å². The Morgan fingerprint density at radius 3 is 2.82 bits per heavy atom. The largest absolute Gasteiger partial charge is 0.554 e. The van der Waals surface area contributed by atoms with E-state index in [0.29, 0.717) is 17.8 Å². The molecule has 4 heterocycles. The van der Waals surface area contributed by atoms with Crippen LogP contribution in [0.3, 0.4) is 0 Å². The normalized spacial score (nSPS) is 10.4. The average molecular weight is 450 g/mol. The van der Waals surface area contributed by atoms with E-state index in [1.165, 1.54) is 0 Å². The summed E-state index contributed by atoms with van der Waals surface area (Å²) in [6.07, 6.45) is 8.54. The van der Waals surface area contributed by atoms with Crippen LogP contribution >= 0.6 is 0 Å². The van der Waals surface area contributed by atoms with Gasteiger partial charge in [0.2, 0.25) is 0 Å². The molecule has 0 fully saturated rings. The van der Waals surface area contributed by atoms with Crippen LogP contribution in [0.2, 0.25) is 0 Å². The number of fused-ring (bicyclic) bond motifs is 1. The number of carboxylic acid groups (broad SMARTS) is 1. The molecule has 0 saturated heterocycles. The number of hydrogen-bond donors (Lipinski definition) is 2. The highest BCUT2D eigenvalue weighted by Gasteiger charge is 2.16. The lowest BCUT2D eigenvalue weighted by molar-refractivity contribution is -0.696. The standard InChI is InChI=1S/C22H24N6O2.CH2O2/c1-15-21(16(2)30-26-15)19-13-25-20-12-17(7-11-28(19)20)22(29)24-8-5-10-27-9-4-6-18(14-27)23-3;2-1-3/h4,6-7,9,11-14,23H,5,8,10H2,1-3H3;1H,(H,2,3). The summed E-state index contributed by atoms with van der Waals surface area (Å²) in [7, 11) is 1.90. The molecule has 4 aromatic rings. The van der Waals surface area contributed by atoms with Crippen LogP contribution in [0.4, 0.5) is 5.69 Å². The Balaban J connectivity index is 0.000000968. The van der Waals surface area contributed by atoms with Crippen molar-refractivity contribution in [3.8, 4) is 11.3 Å². The molecule has 0 aromatic carbocycles. The molecule has 2 N–H and O–H groups in total. The number of nitrogens with one attached hydrogen (secondary N) is 2. The first kappa shape index (κ1) is 23.5. The highest BCUT2D eigenvalue weighted by Crippen LogP contribution is 2.27. The van der Waals surface area contributed by atoms with Crippen molar-refractivity contribution < 1.29 is 23.8 Å². The van der Waals surface area contributed by atoms with E-state index in [2.05, 4.69) is 25.3 Å². The first-order valence-electron chi connectivity index (χ1n) is 10.4. The molecule has 10 nitrogen and oxygen atoms in total. The van der Waals surface area contributed by atoms with Gasteiger partial charge in [0.25, 0.3) is 5.91 Å². The van der Waals surface area contributed by atoms with Crippen LogP contribution in [-0.4, -0.2) is 40.5 Å². The van der Waals surface area contributed by atoms with Gasteiger partial charge in [-0.2, -0.15) is 0 Å². The molecule has 0 aliphatic rings. The fraction of sp³-hybridized carbons (Fsp3) is 0.261. The molecule has 0 spiro atoms.